The zero-order valence-electron chi connectivity index (χ0n) is 17.5. The molecule has 7 heteroatoms. The molecule has 1 N–H and O–H groups in total. The first kappa shape index (κ1) is 23.0. The lowest BCUT2D eigenvalue weighted by Crippen LogP contribution is -2.45. The van der Waals surface area contributed by atoms with Crippen molar-refractivity contribution in [2.45, 2.75) is 57.9 Å². The Balaban J connectivity index is 1.86. The molecular formula is C22H33NO6. The van der Waals surface area contributed by atoms with Crippen molar-refractivity contribution in [1.29, 1.82) is 0 Å². The number of aliphatic hydroxyl groups excluding tert-OH is 1. The standard InChI is InChI=1S/C22H33NO6/c1-3-28-21(25)10-5-4-8-14-29-19-12-11-17(15-20(19)27-2)22(26)23-13-7-6-9-18(23)16-24/h11-12,15,18,24H,3-10,13-14,16H2,1-2H3/t18-/m0/s1. The fourth-order valence-corrected chi connectivity index (χ4v) is 3.51. The molecule has 2 rings (SSSR count). The van der Waals surface area contributed by atoms with Gasteiger partial charge in [-0.2, -0.15) is 0 Å². The first-order valence-corrected chi connectivity index (χ1v) is 10.5. The summed E-state index contributed by atoms with van der Waals surface area (Å²) in [5.41, 5.74) is 0.531. The lowest BCUT2D eigenvalue weighted by atomic mass is 10.0. The van der Waals surface area contributed by atoms with Gasteiger partial charge >= 0.3 is 5.97 Å². The van der Waals surface area contributed by atoms with E-state index in [-0.39, 0.29) is 24.5 Å². The van der Waals surface area contributed by atoms with Gasteiger partial charge in [-0.15, -0.1) is 0 Å². The number of hydrogen-bond acceptors (Lipinski definition) is 6. The van der Waals surface area contributed by atoms with Gasteiger partial charge in [0, 0.05) is 18.5 Å². The molecule has 1 aromatic carbocycles. The number of hydrogen-bond donors (Lipinski definition) is 1. The number of carbonyl (C=O) groups excluding carboxylic acids is 2. The van der Waals surface area contributed by atoms with Gasteiger partial charge in [-0.05, 0) is 63.6 Å². The smallest absolute Gasteiger partial charge is 0.305 e. The Morgan fingerprint density at radius 2 is 2.00 bits per heavy atom. The molecule has 1 aromatic rings. The summed E-state index contributed by atoms with van der Waals surface area (Å²) >= 11 is 0. The summed E-state index contributed by atoms with van der Waals surface area (Å²) in [7, 11) is 1.55. The second-order valence-corrected chi connectivity index (χ2v) is 7.16. The molecule has 0 spiro atoms. The van der Waals surface area contributed by atoms with Crippen LogP contribution >= 0.6 is 0 Å². The summed E-state index contributed by atoms with van der Waals surface area (Å²) in [5.74, 6) is 0.853. The third-order valence-electron chi connectivity index (χ3n) is 5.10. The number of ether oxygens (including phenoxy) is 3. The summed E-state index contributed by atoms with van der Waals surface area (Å²) in [6.07, 6.45) is 5.71. The Labute approximate surface area is 172 Å². The quantitative estimate of drug-likeness (QED) is 0.448. The highest BCUT2D eigenvalue weighted by Crippen LogP contribution is 2.30. The number of rotatable bonds is 11. The summed E-state index contributed by atoms with van der Waals surface area (Å²) in [6.45, 7) is 3.37. The predicted molar refractivity (Wildman–Crippen MR) is 109 cm³/mol. The van der Waals surface area contributed by atoms with E-state index in [0.29, 0.717) is 43.2 Å². The molecule has 1 atom stereocenters. The van der Waals surface area contributed by atoms with E-state index in [1.54, 1.807) is 37.1 Å². The molecule has 1 saturated heterocycles. The van der Waals surface area contributed by atoms with Crippen LogP contribution < -0.4 is 9.47 Å². The third kappa shape index (κ3) is 6.92. The van der Waals surface area contributed by atoms with Gasteiger partial charge in [0.2, 0.25) is 0 Å². The Bertz CT molecular complexity index is 663. The predicted octanol–water partition coefficient (Wildman–Crippen LogP) is 3.18. The lowest BCUT2D eigenvalue weighted by molar-refractivity contribution is -0.143. The number of likely N-dealkylation sites (tertiary alicyclic amines) is 1. The van der Waals surface area contributed by atoms with Crippen LogP contribution in [0.2, 0.25) is 0 Å². The van der Waals surface area contributed by atoms with Gasteiger partial charge in [0.05, 0.1) is 33.0 Å². The number of aliphatic hydroxyl groups is 1. The van der Waals surface area contributed by atoms with Crippen molar-refractivity contribution in [3.63, 3.8) is 0 Å². The number of unbranched alkanes of at least 4 members (excludes halogenated alkanes) is 2. The zero-order chi connectivity index (χ0) is 21.1. The van der Waals surface area contributed by atoms with Crippen LogP contribution in [0.3, 0.4) is 0 Å². The van der Waals surface area contributed by atoms with Crippen molar-refractivity contribution in [3.8, 4) is 11.5 Å². The highest BCUT2D eigenvalue weighted by atomic mass is 16.5. The number of esters is 1. The first-order valence-electron chi connectivity index (χ1n) is 10.5. The van der Waals surface area contributed by atoms with Crippen LogP contribution in [0, 0.1) is 0 Å². The minimum atomic E-state index is -0.160. The normalized spacial score (nSPS) is 16.4. The molecule has 1 amide bonds. The molecule has 0 unspecified atom stereocenters. The van der Waals surface area contributed by atoms with Crippen LogP contribution in [-0.4, -0.2) is 61.4 Å². The minimum Gasteiger partial charge on any atom is -0.493 e. The van der Waals surface area contributed by atoms with E-state index in [0.717, 1.165) is 38.5 Å². The number of methoxy groups -OCH3 is 1. The number of benzene rings is 1. The van der Waals surface area contributed by atoms with Crippen LogP contribution in [0.4, 0.5) is 0 Å². The van der Waals surface area contributed by atoms with E-state index < -0.39 is 0 Å². The number of amides is 1. The largest absolute Gasteiger partial charge is 0.493 e. The van der Waals surface area contributed by atoms with E-state index in [1.165, 1.54) is 0 Å². The maximum atomic E-state index is 12.9. The topological polar surface area (TPSA) is 85.3 Å². The van der Waals surface area contributed by atoms with Crippen molar-refractivity contribution in [2.75, 3.05) is 33.5 Å². The molecule has 0 saturated carbocycles. The SMILES string of the molecule is CCOC(=O)CCCCCOc1ccc(C(=O)N2CCCC[C@H]2CO)cc1OC. The molecule has 0 aromatic heterocycles. The average molecular weight is 408 g/mol. The van der Waals surface area contributed by atoms with Gasteiger partial charge in [0.15, 0.2) is 11.5 Å². The maximum Gasteiger partial charge on any atom is 0.305 e. The van der Waals surface area contributed by atoms with E-state index in [4.69, 9.17) is 14.2 Å². The Hall–Kier alpha value is -2.28. The number of carbonyl (C=O) groups is 2. The highest BCUT2D eigenvalue weighted by Gasteiger charge is 2.27. The van der Waals surface area contributed by atoms with Crippen molar-refractivity contribution < 1.29 is 28.9 Å². The van der Waals surface area contributed by atoms with Gasteiger partial charge in [-0.25, -0.2) is 0 Å². The van der Waals surface area contributed by atoms with Gasteiger partial charge < -0.3 is 24.2 Å². The van der Waals surface area contributed by atoms with E-state index >= 15 is 0 Å². The van der Waals surface area contributed by atoms with Crippen LogP contribution in [0.5, 0.6) is 11.5 Å². The van der Waals surface area contributed by atoms with Gasteiger partial charge in [0.25, 0.3) is 5.91 Å². The van der Waals surface area contributed by atoms with Crippen LogP contribution in [0.25, 0.3) is 0 Å². The molecule has 7 nitrogen and oxygen atoms in total. The Morgan fingerprint density at radius 1 is 1.17 bits per heavy atom. The van der Waals surface area contributed by atoms with E-state index in [1.807, 2.05) is 0 Å². The van der Waals surface area contributed by atoms with E-state index in [9.17, 15) is 14.7 Å². The third-order valence-corrected chi connectivity index (χ3v) is 5.10. The van der Waals surface area contributed by atoms with Gasteiger partial charge in [-0.3, -0.25) is 9.59 Å². The summed E-state index contributed by atoms with van der Waals surface area (Å²) in [5, 5.41) is 9.55. The maximum absolute atomic E-state index is 12.9. The molecule has 0 aliphatic carbocycles. The molecule has 1 heterocycles. The summed E-state index contributed by atoms with van der Waals surface area (Å²) in [4.78, 5) is 25.9. The summed E-state index contributed by atoms with van der Waals surface area (Å²) < 4.78 is 16.1. The molecule has 1 aliphatic rings. The van der Waals surface area contributed by atoms with Crippen LogP contribution in [-0.2, 0) is 9.53 Å². The van der Waals surface area contributed by atoms with Crippen LogP contribution in [0.1, 0.15) is 62.2 Å². The van der Waals surface area contributed by atoms with Gasteiger partial charge in [-0.1, -0.05) is 0 Å². The molecule has 0 bridgehead atoms. The second kappa shape index (κ2) is 12.3. The number of nitrogens with zero attached hydrogens (tertiary/aromatic N) is 1. The molecule has 1 fully saturated rings. The Kier molecular flexibility index (Phi) is 9.77. The van der Waals surface area contributed by atoms with Gasteiger partial charge in [0.1, 0.15) is 0 Å². The monoisotopic (exact) mass is 407 g/mol. The molecule has 162 valence electrons. The molecule has 29 heavy (non-hydrogen) atoms. The Morgan fingerprint density at radius 3 is 2.72 bits per heavy atom. The second-order valence-electron chi connectivity index (χ2n) is 7.16. The van der Waals surface area contributed by atoms with Crippen LogP contribution in [0.15, 0.2) is 18.2 Å². The van der Waals surface area contributed by atoms with E-state index in [2.05, 4.69) is 0 Å². The zero-order valence-corrected chi connectivity index (χ0v) is 17.5. The fraction of sp³-hybridized carbons (Fsp3) is 0.636. The first-order chi connectivity index (χ1) is 14.1. The molecule has 0 radical (unpaired) electrons. The average Bonchev–Trinajstić information content (AvgIpc) is 2.75. The van der Waals surface area contributed by atoms with Crippen molar-refractivity contribution in [1.82, 2.24) is 4.90 Å². The van der Waals surface area contributed by atoms with Crippen molar-refractivity contribution in [3.05, 3.63) is 23.8 Å². The fourth-order valence-electron chi connectivity index (χ4n) is 3.51. The number of piperidine rings is 1. The molecule has 1 aliphatic heterocycles. The lowest BCUT2D eigenvalue weighted by Gasteiger charge is -2.34. The van der Waals surface area contributed by atoms with Crippen molar-refractivity contribution in [2.24, 2.45) is 0 Å². The summed E-state index contributed by atoms with van der Waals surface area (Å²) in [6, 6.07) is 5.07. The van der Waals surface area contributed by atoms with Crippen molar-refractivity contribution >= 4 is 11.9 Å². The minimum absolute atomic E-state index is 0.0137. The highest BCUT2D eigenvalue weighted by molar-refractivity contribution is 5.95. The molecular weight excluding hydrogens is 374 g/mol.